The molecule has 27 heavy (non-hydrogen) atoms. The quantitative estimate of drug-likeness (QED) is 0.533. The van der Waals surface area contributed by atoms with Gasteiger partial charge in [0.1, 0.15) is 22.8 Å². The fraction of sp³-hybridized carbons (Fsp3) is 0.143. The van der Waals surface area contributed by atoms with Crippen molar-refractivity contribution in [1.29, 1.82) is 0 Å². The van der Waals surface area contributed by atoms with Gasteiger partial charge in [-0.3, -0.25) is 4.98 Å². The molecule has 0 aliphatic heterocycles. The second-order valence-corrected chi connectivity index (χ2v) is 6.01. The molecule has 2 aromatic carbocycles. The van der Waals surface area contributed by atoms with Crippen molar-refractivity contribution in [3.63, 3.8) is 0 Å². The molecular formula is C21H17FN2O3. The lowest BCUT2D eigenvalue weighted by Crippen LogP contribution is -2.04. The number of fused-ring (bicyclic) bond motifs is 3. The number of carbonyl (C=O) groups excluding carboxylic acids is 1. The molecule has 0 aliphatic rings. The van der Waals surface area contributed by atoms with Gasteiger partial charge in [0.05, 0.1) is 19.2 Å². The first-order valence-electron chi connectivity index (χ1n) is 8.54. The molecule has 0 radical (unpaired) electrons. The number of benzene rings is 2. The summed E-state index contributed by atoms with van der Waals surface area (Å²) in [7, 11) is 1.55. The molecular weight excluding hydrogens is 347 g/mol. The highest BCUT2D eigenvalue weighted by atomic mass is 19.1. The number of aromatic nitrogens is 2. The lowest BCUT2D eigenvalue weighted by Gasteiger charge is -2.11. The summed E-state index contributed by atoms with van der Waals surface area (Å²) in [6.07, 6.45) is 1.62. The Balaban J connectivity index is 2.09. The van der Waals surface area contributed by atoms with Crippen LogP contribution in [0.2, 0.25) is 0 Å². The molecule has 0 unspecified atom stereocenters. The van der Waals surface area contributed by atoms with Crippen LogP contribution < -0.4 is 4.74 Å². The third kappa shape index (κ3) is 2.79. The number of hydrogen-bond acceptors (Lipinski definition) is 4. The van der Waals surface area contributed by atoms with E-state index in [0.717, 1.165) is 5.39 Å². The monoisotopic (exact) mass is 364 g/mol. The third-order valence-corrected chi connectivity index (χ3v) is 4.45. The maximum Gasteiger partial charge on any atom is 0.354 e. The number of esters is 1. The van der Waals surface area contributed by atoms with Crippen LogP contribution in [0.1, 0.15) is 17.4 Å². The number of carbonyl (C=O) groups is 1. The Hall–Kier alpha value is -3.41. The summed E-state index contributed by atoms with van der Waals surface area (Å²) < 4.78 is 25.1. The van der Waals surface area contributed by atoms with Crippen LogP contribution in [-0.4, -0.2) is 29.7 Å². The van der Waals surface area contributed by atoms with Gasteiger partial charge < -0.3 is 14.5 Å². The van der Waals surface area contributed by atoms with Crippen LogP contribution in [0.3, 0.4) is 0 Å². The molecule has 0 atom stereocenters. The van der Waals surface area contributed by atoms with Gasteiger partial charge in [-0.2, -0.15) is 0 Å². The summed E-state index contributed by atoms with van der Waals surface area (Å²) in [5.74, 6) is -0.236. The largest absolute Gasteiger partial charge is 0.494 e. The third-order valence-electron chi connectivity index (χ3n) is 4.45. The van der Waals surface area contributed by atoms with E-state index in [1.165, 1.54) is 6.07 Å². The fourth-order valence-corrected chi connectivity index (χ4v) is 3.28. The van der Waals surface area contributed by atoms with Crippen molar-refractivity contribution >= 4 is 27.8 Å². The van der Waals surface area contributed by atoms with Gasteiger partial charge >= 0.3 is 5.97 Å². The van der Waals surface area contributed by atoms with Gasteiger partial charge in [-0.15, -0.1) is 0 Å². The Bertz CT molecular complexity index is 1170. The van der Waals surface area contributed by atoms with E-state index >= 15 is 0 Å². The van der Waals surface area contributed by atoms with Crippen molar-refractivity contribution in [2.24, 2.45) is 0 Å². The number of halogens is 1. The number of ether oxygens (including phenoxy) is 2. The molecule has 1 N–H and O–H groups in total. The normalized spacial score (nSPS) is 11.1. The Morgan fingerprint density at radius 1 is 1.19 bits per heavy atom. The maximum atomic E-state index is 14.5. The highest BCUT2D eigenvalue weighted by Gasteiger charge is 2.19. The minimum Gasteiger partial charge on any atom is -0.494 e. The highest BCUT2D eigenvalue weighted by Crippen LogP contribution is 2.38. The summed E-state index contributed by atoms with van der Waals surface area (Å²) in [5, 5.41) is 1.44. The average Bonchev–Trinajstić information content (AvgIpc) is 3.12. The van der Waals surface area contributed by atoms with Crippen LogP contribution in [-0.2, 0) is 4.74 Å². The number of H-pyrrole nitrogens is 1. The SMILES string of the molecule is CCOC(=O)c1cc2cc(OC)c3nccc(-c4ccccc4F)c3c2[nH]1. The zero-order chi connectivity index (χ0) is 19.0. The Labute approximate surface area is 154 Å². The van der Waals surface area contributed by atoms with Gasteiger partial charge in [0, 0.05) is 22.5 Å². The number of pyridine rings is 1. The number of rotatable bonds is 4. The Morgan fingerprint density at radius 2 is 2.00 bits per heavy atom. The van der Waals surface area contributed by atoms with E-state index in [9.17, 15) is 9.18 Å². The van der Waals surface area contributed by atoms with E-state index in [-0.39, 0.29) is 12.4 Å². The molecule has 6 heteroatoms. The smallest absolute Gasteiger partial charge is 0.354 e. The van der Waals surface area contributed by atoms with E-state index in [0.29, 0.717) is 39.0 Å². The molecule has 0 fully saturated rings. The number of nitrogens with one attached hydrogen (secondary N) is 1. The first kappa shape index (κ1) is 17.0. The summed E-state index contributed by atoms with van der Waals surface area (Å²) in [4.78, 5) is 19.7. The molecule has 136 valence electrons. The van der Waals surface area contributed by atoms with Crippen molar-refractivity contribution in [3.05, 3.63) is 60.2 Å². The van der Waals surface area contributed by atoms with Crippen LogP contribution in [0, 0.1) is 5.82 Å². The van der Waals surface area contributed by atoms with Crippen molar-refractivity contribution in [2.75, 3.05) is 13.7 Å². The second-order valence-electron chi connectivity index (χ2n) is 6.01. The zero-order valence-electron chi connectivity index (χ0n) is 14.9. The summed E-state index contributed by atoms with van der Waals surface area (Å²) in [6, 6.07) is 11.8. The van der Waals surface area contributed by atoms with Gasteiger partial charge in [-0.25, -0.2) is 9.18 Å². The van der Waals surface area contributed by atoms with Crippen LogP contribution in [0.4, 0.5) is 4.39 Å². The molecule has 0 aliphatic carbocycles. The standard InChI is InChI=1S/C21H17FN2O3/c1-3-27-21(25)16-10-12-11-17(26-2)20-18(19(12)24-16)14(8-9-23-20)13-6-4-5-7-15(13)22/h4-11,24H,3H2,1-2H3. The van der Waals surface area contributed by atoms with Gasteiger partial charge in [-0.05, 0) is 36.8 Å². The summed E-state index contributed by atoms with van der Waals surface area (Å²) >= 11 is 0. The van der Waals surface area contributed by atoms with Crippen LogP contribution in [0.25, 0.3) is 32.9 Å². The molecule has 5 nitrogen and oxygen atoms in total. The van der Waals surface area contributed by atoms with Gasteiger partial charge in [-0.1, -0.05) is 18.2 Å². The molecule has 4 rings (SSSR count). The lowest BCUT2D eigenvalue weighted by molar-refractivity contribution is 0.0520. The minimum atomic E-state index is -0.447. The van der Waals surface area contributed by atoms with E-state index in [4.69, 9.17) is 9.47 Å². The van der Waals surface area contributed by atoms with Crippen molar-refractivity contribution in [2.45, 2.75) is 6.92 Å². The molecule has 0 saturated heterocycles. The molecule has 2 aromatic heterocycles. The predicted molar refractivity (Wildman–Crippen MR) is 102 cm³/mol. The molecule has 0 amide bonds. The average molecular weight is 364 g/mol. The van der Waals surface area contributed by atoms with Crippen LogP contribution in [0.15, 0.2) is 48.7 Å². The van der Waals surface area contributed by atoms with Crippen molar-refractivity contribution < 1.29 is 18.7 Å². The number of aromatic amines is 1. The predicted octanol–water partition coefficient (Wildman–Crippen LogP) is 4.71. The summed E-state index contributed by atoms with van der Waals surface area (Å²) in [5.41, 5.74) is 2.71. The van der Waals surface area contributed by atoms with Crippen molar-refractivity contribution in [3.8, 4) is 16.9 Å². The lowest BCUT2D eigenvalue weighted by atomic mass is 9.99. The number of hydrogen-bond donors (Lipinski definition) is 1. The van der Waals surface area contributed by atoms with Crippen LogP contribution in [0.5, 0.6) is 5.75 Å². The maximum absolute atomic E-state index is 14.5. The first-order chi connectivity index (χ1) is 13.1. The van der Waals surface area contributed by atoms with Gasteiger partial charge in [0.25, 0.3) is 0 Å². The minimum absolute atomic E-state index is 0.278. The van der Waals surface area contributed by atoms with E-state index in [1.54, 1.807) is 56.6 Å². The van der Waals surface area contributed by atoms with E-state index < -0.39 is 5.97 Å². The first-order valence-corrected chi connectivity index (χ1v) is 8.54. The van der Waals surface area contributed by atoms with Crippen molar-refractivity contribution in [1.82, 2.24) is 9.97 Å². The summed E-state index contributed by atoms with van der Waals surface area (Å²) in [6.45, 7) is 2.03. The Kier molecular flexibility index (Phi) is 4.24. The topological polar surface area (TPSA) is 64.2 Å². The zero-order valence-corrected chi connectivity index (χ0v) is 14.9. The molecule has 4 aromatic rings. The van der Waals surface area contributed by atoms with E-state index in [1.807, 2.05) is 0 Å². The molecule has 0 spiro atoms. The fourth-order valence-electron chi connectivity index (χ4n) is 3.28. The molecule has 0 bridgehead atoms. The van der Waals surface area contributed by atoms with Gasteiger partial charge in [0.2, 0.25) is 0 Å². The Morgan fingerprint density at radius 3 is 2.74 bits per heavy atom. The second kappa shape index (κ2) is 6.72. The highest BCUT2D eigenvalue weighted by molar-refractivity contribution is 6.15. The number of nitrogens with zero attached hydrogens (tertiary/aromatic N) is 1. The molecule has 0 saturated carbocycles. The van der Waals surface area contributed by atoms with Crippen LogP contribution >= 0.6 is 0 Å². The number of methoxy groups -OCH3 is 1. The molecule has 2 heterocycles. The van der Waals surface area contributed by atoms with Gasteiger partial charge in [0.15, 0.2) is 0 Å². The van der Waals surface area contributed by atoms with E-state index in [2.05, 4.69) is 9.97 Å².